The van der Waals surface area contributed by atoms with Crippen molar-refractivity contribution in [3.05, 3.63) is 0 Å². The number of unbranched alkanes of at least 4 members (excludes halogenated alkanes) is 3. The second-order valence-electron chi connectivity index (χ2n) is 7.02. The molecule has 0 aromatic carbocycles. The summed E-state index contributed by atoms with van der Waals surface area (Å²) >= 11 is 0. The Morgan fingerprint density at radius 3 is 1.74 bits per heavy atom. The first kappa shape index (κ1) is 28.4. The Bertz CT molecular complexity index is 615. The van der Waals surface area contributed by atoms with Gasteiger partial charge >= 0.3 is 29.8 Å². The quantitative estimate of drug-likeness (QED) is 0.162. The van der Waals surface area contributed by atoms with Crippen LogP contribution in [0, 0.1) is 5.92 Å². The summed E-state index contributed by atoms with van der Waals surface area (Å²) < 4.78 is 20.1. The highest BCUT2D eigenvalue weighted by molar-refractivity contribution is 6.04. The Balaban J connectivity index is 6.14. The zero-order valence-corrected chi connectivity index (χ0v) is 18.8. The monoisotopic (exact) mass is 446 g/mol. The summed E-state index contributed by atoms with van der Waals surface area (Å²) in [5, 5.41) is 9.74. The molecule has 0 rings (SSSR count). The summed E-state index contributed by atoms with van der Waals surface area (Å²) in [4.78, 5) is 61.8. The third kappa shape index (κ3) is 9.80. The van der Waals surface area contributed by atoms with Gasteiger partial charge in [0.05, 0.1) is 26.2 Å². The predicted molar refractivity (Wildman–Crippen MR) is 108 cm³/mol. The number of carboxylic acids is 1. The van der Waals surface area contributed by atoms with Crippen molar-refractivity contribution >= 4 is 29.8 Å². The van der Waals surface area contributed by atoms with Gasteiger partial charge in [0.25, 0.3) is 0 Å². The van der Waals surface area contributed by atoms with Gasteiger partial charge < -0.3 is 24.1 Å². The number of hydrogen-bond donors (Lipinski definition) is 1. The fraction of sp³-hybridized carbons (Fsp3) is 0.762. The largest absolute Gasteiger partial charge is 0.480 e. The number of esters is 4. The van der Waals surface area contributed by atoms with Gasteiger partial charge in [0.2, 0.25) is 11.5 Å². The van der Waals surface area contributed by atoms with Crippen molar-refractivity contribution in [3.63, 3.8) is 0 Å². The molecule has 0 aromatic heterocycles. The number of carbonyl (C=O) groups is 5. The van der Waals surface area contributed by atoms with Gasteiger partial charge in [-0.3, -0.25) is 19.2 Å². The van der Waals surface area contributed by atoms with Gasteiger partial charge in [-0.15, -0.1) is 0 Å². The standard InChI is InChI=1S/C21H34O10/c1-5-8-11-28-16(23)14-21(31-15(4)22,20(27)30-13-10-7-3)17(18(24)25)19(26)29-12-9-6-2/h17H,5-14H2,1-4H3,(H,24,25). The van der Waals surface area contributed by atoms with Crippen LogP contribution in [0.2, 0.25) is 0 Å². The maximum atomic E-state index is 12.9. The lowest BCUT2D eigenvalue weighted by molar-refractivity contribution is -0.202. The zero-order chi connectivity index (χ0) is 23.9. The van der Waals surface area contributed by atoms with Crippen molar-refractivity contribution < 1.29 is 48.0 Å². The lowest BCUT2D eigenvalue weighted by Crippen LogP contribution is -2.57. The summed E-state index contributed by atoms with van der Waals surface area (Å²) in [6.45, 7) is 6.29. The van der Waals surface area contributed by atoms with E-state index in [4.69, 9.17) is 18.9 Å². The number of hydrogen-bond acceptors (Lipinski definition) is 9. The fourth-order valence-electron chi connectivity index (χ4n) is 2.60. The molecular weight excluding hydrogens is 412 g/mol. The Kier molecular flexibility index (Phi) is 13.9. The van der Waals surface area contributed by atoms with Gasteiger partial charge in [-0.1, -0.05) is 40.0 Å². The topological polar surface area (TPSA) is 142 Å². The number of rotatable bonds is 16. The van der Waals surface area contributed by atoms with E-state index in [9.17, 15) is 29.1 Å². The normalized spacial score (nSPS) is 13.4. The summed E-state index contributed by atoms with van der Waals surface area (Å²) in [5.41, 5.74) is -2.75. The van der Waals surface area contributed by atoms with E-state index < -0.39 is 47.8 Å². The van der Waals surface area contributed by atoms with E-state index in [1.165, 1.54) is 0 Å². The fourth-order valence-corrected chi connectivity index (χ4v) is 2.60. The highest BCUT2D eigenvalue weighted by atomic mass is 16.6. The maximum Gasteiger partial charge on any atom is 0.352 e. The van der Waals surface area contributed by atoms with Gasteiger partial charge in [0.1, 0.15) is 0 Å². The molecule has 10 heteroatoms. The maximum absolute atomic E-state index is 12.9. The van der Waals surface area contributed by atoms with E-state index in [0.717, 1.165) is 13.3 Å². The van der Waals surface area contributed by atoms with Crippen molar-refractivity contribution in [2.75, 3.05) is 19.8 Å². The molecule has 1 N–H and O–H groups in total. The van der Waals surface area contributed by atoms with Crippen molar-refractivity contribution in [2.45, 2.75) is 78.2 Å². The molecule has 0 saturated carbocycles. The number of aliphatic carboxylic acids is 1. The van der Waals surface area contributed by atoms with Crippen LogP contribution in [0.15, 0.2) is 0 Å². The summed E-state index contributed by atoms with van der Waals surface area (Å²) in [7, 11) is 0. The van der Waals surface area contributed by atoms with E-state index in [1.807, 2.05) is 20.8 Å². The molecule has 0 fully saturated rings. The Hall–Kier alpha value is -2.65. The van der Waals surface area contributed by atoms with Gasteiger partial charge in [-0.25, -0.2) is 4.79 Å². The number of ether oxygens (including phenoxy) is 4. The predicted octanol–water partition coefficient (Wildman–Crippen LogP) is 2.41. The molecule has 0 heterocycles. The smallest absolute Gasteiger partial charge is 0.352 e. The molecule has 10 nitrogen and oxygen atoms in total. The first-order valence-electron chi connectivity index (χ1n) is 10.6. The molecule has 0 aliphatic heterocycles. The van der Waals surface area contributed by atoms with Crippen LogP contribution in [-0.2, 0) is 42.9 Å². The molecule has 31 heavy (non-hydrogen) atoms. The van der Waals surface area contributed by atoms with Crippen LogP contribution in [0.4, 0.5) is 0 Å². The third-order valence-corrected chi connectivity index (χ3v) is 4.26. The van der Waals surface area contributed by atoms with Crippen LogP contribution in [0.1, 0.15) is 72.6 Å². The van der Waals surface area contributed by atoms with Crippen molar-refractivity contribution in [3.8, 4) is 0 Å². The van der Waals surface area contributed by atoms with E-state index in [0.29, 0.717) is 32.1 Å². The van der Waals surface area contributed by atoms with Crippen molar-refractivity contribution in [1.82, 2.24) is 0 Å². The molecule has 0 radical (unpaired) electrons. The van der Waals surface area contributed by atoms with Gasteiger partial charge in [0, 0.05) is 6.92 Å². The minimum Gasteiger partial charge on any atom is -0.480 e. The average molecular weight is 446 g/mol. The first-order chi connectivity index (χ1) is 14.7. The molecule has 0 spiro atoms. The first-order valence-corrected chi connectivity index (χ1v) is 10.6. The van der Waals surface area contributed by atoms with Crippen LogP contribution in [-0.4, -0.2) is 60.4 Å². The molecule has 2 atom stereocenters. The van der Waals surface area contributed by atoms with E-state index in [2.05, 4.69) is 0 Å². The van der Waals surface area contributed by atoms with Crippen LogP contribution in [0.25, 0.3) is 0 Å². The molecule has 0 aliphatic rings. The van der Waals surface area contributed by atoms with Gasteiger partial charge in [-0.05, 0) is 19.3 Å². The van der Waals surface area contributed by atoms with E-state index in [-0.39, 0.29) is 19.8 Å². The molecule has 0 aromatic rings. The highest BCUT2D eigenvalue weighted by Crippen LogP contribution is 2.31. The molecular formula is C21H34O10. The molecule has 0 bridgehead atoms. The van der Waals surface area contributed by atoms with E-state index >= 15 is 0 Å². The van der Waals surface area contributed by atoms with Gasteiger partial charge in [0.15, 0.2) is 0 Å². The lowest BCUT2D eigenvalue weighted by atomic mass is 9.83. The molecule has 178 valence electrons. The molecule has 0 amide bonds. The van der Waals surface area contributed by atoms with Crippen molar-refractivity contribution in [2.24, 2.45) is 5.92 Å². The van der Waals surface area contributed by atoms with Crippen LogP contribution in [0.5, 0.6) is 0 Å². The Labute approximate surface area is 182 Å². The lowest BCUT2D eigenvalue weighted by Gasteiger charge is -2.33. The van der Waals surface area contributed by atoms with Crippen LogP contribution < -0.4 is 0 Å². The van der Waals surface area contributed by atoms with Gasteiger partial charge in [-0.2, -0.15) is 0 Å². The second kappa shape index (κ2) is 15.2. The van der Waals surface area contributed by atoms with Crippen LogP contribution >= 0.6 is 0 Å². The molecule has 0 saturated heterocycles. The Morgan fingerprint density at radius 1 is 0.806 bits per heavy atom. The highest BCUT2D eigenvalue weighted by Gasteiger charge is 2.60. The molecule has 2 unspecified atom stereocenters. The minimum atomic E-state index is -2.75. The van der Waals surface area contributed by atoms with E-state index in [1.54, 1.807) is 0 Å². The number of carbonyl (C=O) groups excluding carboxylic acids is 4. The van der Waals surface area contributed by atoms with Crippen molar-refractivity contribution in [1.29, 1.82) is 0 Å². The SMILES string of the molecule is CCCCOC(=O)CC(OC(C)=O)(C(=O)OCCCC)C(C(=O)O)C(=O)OCCCC. The number of carboxylic acid groups (broad SMARTS) is 1. The Morgan fingerprint density at radius 2 is 1.29 bits per heavy atom. The average Bonchev–Trinajstić information content (AvgIpc) is 2.67. The summed E-state index contributed by atoms with van der Waals surface area (Å²) in [6, 6.07) is 0. The zero-order valence-electron chi connectivity index (χ0n) is 18.8. The third-order valence-electron chi connectivity index (χ3n) is 4.26. The molecule has 0 aliphatic carbocycles. The summed E-state index contributed by atoms with van der Waals surface area (Å²) in [5.74, 6) is -8.80. The summed E-state index contributed by atoms with van der Waals surface area (Å²) in [6.07, 6.45) is 2.50. The minimum absolute atomic E-state index is 0.0229. The van der Waals surface area contributed by atoms with Crippen LogP contribution in [0.3, 0.4) is 0 Å². The second-order valence-corrected chi connectivity index (χ2v) is 7.02.